The Balaban J connectivity index is 1.24. The molecular formula is C27H26N4O4S. The van der Waals surface area contributed by atoms with Crippen LogP contribution in [-0.2, 0) is 14.8 Å². The van der Waals surface area contributed by atoms with Gasteiger partial charge in [0.1, 0.15) is 0 Å². The quantitative estimate of drug-likeness (QED) is 0.368. The molecule has 0 amide bonds. The smallest absolute Gasteiger partial charge is 0.338 e. The fourth-order valence-electron chi connectivity index (χ4n) is 4.28. The molecule has 184 valence electrons. The van der Waals surface area contributed by atoms with Crippen molar-refractivity contribution >= 4 is 32.6 Å². The number of anilines is 1. The number of fused-ring (bicyclic) bond motifs is 1. The highest BCUT2D eigenvalue weighted by atomic mass is 32.2. The Morgan fingerprint density at radius 3 is 2.25 bits per heavy atom. The number of carbonyl (C=O) groups excluding carboxylic acids is 1. The van der Waals surface area contributed by atoms with Crippen LogP contribution < -0.4 is 4.90 Å². The first kappa shape index (κ1) is 23.9. The summed E-state index contributed by atoms with van der Waals surface area (Å²) in [6, 6.07) is 24.1. The highest BCUT2D eigenvalue weighted by molar-refractivity contribution is 7.89. The van der Waals surface area contributed by atoms with Gasteiger partial charge in [0.15, 0.2) is 5.82 Å². The monoisotopic (exact) mass is 502 g/mol. The number of ether oxygens (including phenoxy) is 1. The molecule has 0 aliphatic carbocycles. The van der Waals surface area contributed by atoms with E-state index in [2.05, 4.69) is 34.5 Å². The molecule has 0 spiro atoms. The predicted octanol–water partition coefficient (Wildman–Crippen LogP) is 3.98. The van der Waals surface area contributed by atoms with E-state index in [-0.39, 0.29) is 11.5 Å². The van der Waals surface area contributed by atoms with Gasteiger partial charge in [-0.25, -0.2) is 13.2 Å². The molecule has 1 saturated heterocycles. The van der Waals surface area contributed by atoms with E-state index in [0.717, 1.165) is 22.5 Å². The lowest BCUT2D eigenvalue weighted by Crippen LogP contribution is -2.49. The third-order valence-corrected chi connectivity index (χ3v) is 8.17. The summed E-state index contributed by atoms with van der Waals surface area (Å²) in [4.78, 5) is 14.0. The molecule has 1 aliphatic rings. The van der Waals surface area contributed by atoms with Crippen LogP contribution in [0, 0.1) is 0 Å². The number of nitrogens with zero attached hydrogens (tertiary/aromatic N) is 4. The van der Waals surface area contributed by atoms with Crippen molar-refractivity contribution < 1.29 is 17.9 Å². The first-order chi connectivity index (χ1) is 17.5. The first-order valence-corrected chi connectivity index (χ1v) is 13.2. The van der Waals surface area contributed by atoms with E-state index < -0.39 is 16.0 Å². The molecule has 0 atom stereocenters. The number of piperazine rings is 1. The molecule has 1 aliphatic heterocycles. The topological polar surface area (TPSA) is 92.7 Å². The van der Waals surface area contributed by atoms with Crippen LogP contribution in [0.1, 0.15) is 17.3 Å². The Bertz CT molecular complexity index is 1480. The average molecular weight is 503 g/mol. The van der Waals surface area contributed by atoms with Gasteiger partial charge in [0.05, 0.1) is 22.8 Å². The van der Waals surface area contributed by atoms with Crippen LogP contribution in [0.25, 0.3) is 22.0 Å². The van der Waals surface area contributed by atoms with E-state index in [1.54, 1.807) is 6.92 Å². The lowest BCUT2D eigenvalue weighted by atomic mass is 10.1. The molecule has 0 saturated carbocycles. The van der Waals surface area contributed by atoms with Gasteiger partial charge in [-0.2, -0.15) is 4.31 Å². The van der Waals surface area contributed by atoms with Crippen LogP contribution in [0.2, 0.25) is 0 Å². The van der Waals surface area contributed by atoms with E-state index in [0.29, 0.717) is 31.7 Å². The third-order valence-electron chi connectivity index (χ3n) is 6.26. The zero-order chi connectivity index (χ0) is 25.1. The number of carbonyl (C=O) groups is 1. The summed E-state index contributed by atoms with van der Waals surface area (Å²) in [5.41, 5.74) is 2.11. The van der Waals surface area contributed by atoms with E-state index in [9.17, 15) is 13.2 Å². The first-order valence-electron chi connectivity index (χ1n) is 11.8. The van der Waals surface area contributed by atoms with Crippen LogP contribution >= 0.6 is 0 Å². The van der Waals surface area contributed by atoms with Gasteiger partial charge in [0, 0.05) is 31.7 Å². The Hall–Kier alpha value is -3.82. The van der Waals surface area contributed by atoms with E-state index in [1.807, 2.05) is 35.2 Å². The SMILES string of the molecule is CCOC(=O)c1ccc(S(=O)(=O)N2CCN(c3ccc(-c4ccc5ccccc5c4)nn3)CC2)cc1. The Morgan fingerprint density at radius 2 is 1.58 bits per heavy atom. The number of sulfonamides is 1. The van der Waals surface area contributed by atoms with Crippen molar-refractivity contribution in [1.82, 2.24) is 14.5 Å². The molecule has 2 heterocycles. The summed E-state index contributed by atoms with van der Waals surface area (Å²) in [5.74, 6) is 0.248. The summed E-state index contributed by atoms with van der Waals surface area (Å²) >= 11 is 0. The Labute approximate surface area is 210 Å². The second-order valence-electron chi connectivity index (χ2n) is 8.47. The fraction of sp³-hybridized carbons (Fsp3) is 0.222. The minimum Gasteiger partial charge on any atom is -0.462 e. The van der Waals surface area contributed by atoms with Gasteiger partial charge < -0.3 is 9.64 Å². The molecule has 0 N–H and O–H groups in total. The van der Waals surface area contributed by atoms with Gasteiger partial charge in [-0.3, -0.25) is 0 Å². The van der Waals surface area contributed by atoms with Crippen molar-refractivity contribution in [3.8, 4) is 11.3 Å². The van der Waals surface area contributed by atoms with Crippen LogP contribution in [0.5, 0.6) is 0 Å². The zero-order valence-electron chi connectivity index (χ0n) is 19.9. The molecule has 0 radical (unpaired) electrons. The maximum absolute atomic E-state index is 13.1. The Morgan fingerprint density at radius 1 is 0.861 bits per heavy atom. The average Bonchev–Trinajstić information content (AvgIpc) is 2.93. The molecule has 36 heavy (non-hydrogen) atoms. The van der Waals surface area contributed by atoms with Gasteiger partial charge in [-0.15, -0.1) is 10.2 Å². The standard InChI is InChI=1S/C27H26N4O4S/c1-2-35-27(32)21-9-11-24(12-10-21)36(33,34)31-17-15-30(16-18-31)26-14-13-25(28-29-26)23-8-7-20-5-3-4-6-22(20)19-23/h3-14,19H,2,15-18H2,1H3. The van der Waals surface area contributed by atoms with Crippen LogP contribution in [0.4, 0.5) is 5.82 Å². The predicted molar refractivity (Wildman–Crippen MR) is 138 cm³/mol. The highest BCUT2D eigenvalue weighted by Gasteiger charge is 2.29. The lowest BCUT2D eigenvalue weighted by molar-refractivity contribution is 0.0526. The molecular weight excluding hydrogens is 476 g/mol. The van der Waals surface area contributed by atoms with Gasteiger partial charge in [0.2, 0.25) is 10.0 Å². The number of esters is 1. The minimum absolute atomic E-state index is 0.156. The summed E-state index contributed by atoms with van der Waals surface area (Å²) in [6.07, 6.45) is 0. The zero-order valence-corrected chi connectivity index (χ0v) is 20.7. The molecule has 0 unspecified atom stereocenters. The normalized spacial score (nSPS) is 14.6. The van der Waals surface area contributed by atoms with Gasteiger partial charge in [-0.05, 0) is 60.2 Å². The van der Waals surface area contributed by atoms with E-state index in [4.69, 9.17) is 4.74 Å². The van der Waals surface area contributed by atoms with Gasteiger partial charge >= 0.3 is 5.97 Å². The molecule has 1 aromatic heterocycles. The van der Waals surface area contributed by atoms with E-state index in [1.165, 1.54) is 34.0 Å². The maximum Gasteiger partial charge on any atom is 0.338 e. The molecule has 4 aromatic rings. The van der Waals surface area contributed by atoms with Crippen molar-refractivity contribution in [2.75, 3.05) is 37.7 Å². The molecule has 8 nitrogen and oxygen atoms in total. The molecule has 9 heteroatoms. The number of hydrogen-bond donors (Lipinski definition) is 0. The summed E-state index contributed by atoms with van der Waals surface area (Å²) in [6.45, 7) is 3.65. The number of rotatable bonds is 6. The van der Waals surface area contributed by atoms with Crippen molar-refractivity contribution in [2.45, 2.75) is 11.8 Å². The van der Waals surface area contributed by atoms with E-state index >= 15 is 0 Å². The molecule has 3 aromatic carbocycles. The van der Waals surface area contributed by atoms with Crippen molar-refractivity contribution in [2.24, 2.45) is 0 Å². The number of aromatic nitrogens is 2. The van der Waals surface area contributed by atoms with Crippen molar-refractivity contribution in [3.05, 3.63) is 84.4 Å². The lowest BCUT2D eigenvalue weighted by Gasteiger charge is -2.34. The highest BCUT2D eigenvalue weighted by Crippen LogP contribution is 2.25. The minimum atomic E-state index is -3.66. The number of hydrogen-bond acceptors (Lipinski definition) is 7. The van der Waals surface area contributed by atoms with Crippen molar-refractivity contribution in [1.29, 1.82) is 0 Å². The largest absolute Gasteiger partial charge is 0.462 e. The Kier molecular flexibility index (Phi) is 6.67. The summed E-state index contributed by atoms with van der Waals surface area (Å²) in [7, 11) is -3.66. The third kappa shape index (κ3) is 4.80. The summed E-state index contributed by atoms with van der Waals surface area (Å²) in [5, 5.41) is 11.2. The molecule has 1 fully saturated rings. The van der Waals surface area contributed by atoms with Crippen LogP contribution in [0.15, 0.2) is 83.8 Å². The van der Waals surface area contributed by atoms with Gasteiger partial charge in [0.25, 0.3) is 0 Å². The molecule has 0 bridgehead atoms. The second kappa shape index (κ2) is 10.0. The van der Waals surface area contributed by atoms with Crippen LogP contribution in [0.3, 0.4) is 0 Å². The molecule has 5 rings (SSSR count). The fourth-order valence-corrected chi connectivity index (χ4v) is 5.70. The van der Waals surface area contributed by atoms with Crippen molar-refractivity contribution in [3.63, 3.8) is 0 Å². The number of benzene rings is 3. The van der Waals surface area contributed by atoms with Crippen LogP contribution in [-0.4, -0.2) is 61.7 Å². The van der Waals surface area contributed by atoms with Gasteiger partial charge in [-0.1, -0.05) is 36.4 Å². The maximum atomic E-state index is 13.1. The summed E-state index contributed by atoms with van der Waals surface area (Å²) < 4.78 is 32.6. The second-order valence-corrected chi connectivity index (χ2v) is 10.4.